The number of rotatable bonds is 0. The second kappa shape index (κ2) is 8.32. The monoisotopic (exact) mass is 623 g/mol. The standard InChI is InChI=1S/C10H8O.CH3.2Th/c11-10-6-5-8-3-1-2-4-9(8)7-10;;;/h1-7,11H;1H3;;/q;-1;;. The van der Waals surface area contributed by atoms with Crippen LogP contribution in [-0.4, -0.2) is 5.11 Å². The summed E-state index contributed by atoms with van der Waals surface area (Å²) in [7, 11) is 0. The molecule has 2 aromatic rings. The van der Waals surface area contributed by atoms with Crippen LogP contribution in [-0.2, 0) is 0 Å². The van der Waals surface area contributed by atoms with E-state index in [0.717, 1.165) is 10.8 Å². The number of hydrogen-bond donors (Lipinski definition) is 1. The van der Waals surface area contributed by atoms with Crippen LogP contribution >= 0.6 is 0 Å². The van der Waals surface area contributed by atoms with Crippen LogP contribution in [0.2, 0.25) is 0 Å². The van der Waals surface area contributed by atoms with Crippen LogP contribution in [0.5, 0.6) is 5.75 Å². The van der Waals surface area contributed by atoms with Crippen LogP contribution in [0.1, 0.15) is 0 Å². The van der Waals surface area contributed by atoms with Gasteiger partial charge in [-0.2, -0.15) is 0 Å². The van der Waals surface area contributed by atoms with Gasteiger partial charge in [0.2, 0.25) is 0 Å². The molecule has 2 rings (SSSR count). The Bertz CT molecular complexity index is 388. The Labute approximate surface area is 149 Å². The number of hydrogen-bond acceptors (Lipinski definition) is 1. The molecule has 0 atom stereocenters. The van der Waals surface area contributed by atoms with Gasteiger partial charge in [-0.3, -0.25) is 0 Å². The molecule has 0 aliphatic rings. The van der Waals surface area contributed by atoms with Crippen molar-refractivity contribution in [3.05, 3.63) is 49.9 Å². The summed E-state index contributed by atoms with van der Waals surface area (Å²) in [5, 5.41) is 11.4. The zero-order valence-electron chi connectivity index (χ0n) is 7.99. The van der Waals surface area contributed by atoms with Gasteiger partial charge in [0.15, 0.2) is 0 Å². The molecule has 0 heterocycles. The summed E-state index contributed by atoms with van der Waals surface area (Å²) in [6, 6.07) is 13.3. The van der Waals surface area contributed by atoms with Gasteiger partial charge in [0.1, 0.15) is 5.75 Å². The normalized spacial score (nSPS) is 8.00. The summed E-state index contributed by atoms with van der Waals surface area (Å²) in [6.07, 6.45) is 0. The Balaban J connectivity index is 0. The summed E-state index contributed by atoms with van der Waals surface area (Å²) in [6.45, 7) is 0. The molecule has 0 aromatic heterocycles. The fourth-order valence-electron chi connectivity index (χ4n) is 1.18. The molecule has 0 amide bonds. The van der Waals surface area contributed by atoms with Crippen molar-refractivity contribution >= 4 is 10.8 Å². The summed E-state index contributed by atoms with van der Waals surface area (Å²) in [5.74, 6) is 0.323. The zero-order chi connectivity index (χ0) is 7.68. The van der Waals surface area contributed by atoms with Crippen molar-refractivity contribution in [2.75, 3.05) is 0 Å². The first-order valence-electron chi connectivity index (χ1n) is 3.54. The van der Waals surface area contributed by atoms with E-state index in [-0.39, 0.29) is 87.3 Å². The third kappa shape index (κ3) is 4.34. The average Bonchev–Trinajstić information content (AvgIpc) is 2.04. The van der Waals surface area contributed by atoms with E-state index in [1.165, 1.54) is 0 Å². The molecule has 0 aliphatic carbocycles. The van der Waals surface area contributed by atoms with Crippen LogP contribution in [0.15, 0.2) is 42.5 Å². The first kappa shape index (κ1) is 17.5. The van der Waals surface area contributed by atoms with E-state index in [1.807, 2.05) is 30.3 Å². The van der Waals surface area contributed by atoms with E-state index in [4.69, 9.17) is 5.11 Å². The molecule has 3 heteroatoms. The number of phenols is 1. The van der Waals surface area contributed by atoms with Crippen molar-refractivity contribution in [3.8, 4) is 5.75 Å². The van der Waals surface area contributed by atoms with Gasteiger partial charge in [-0.25, -0.2) is 0 Å². The number of fused-ring (bicyclic) bond motifs is 1. The molecule has 1 nitrogen and oxygen atoms in total. The second-order valence-corrected chi connectivity index (χ2v) is 2.53. The minimum absolute atomic E-state index is 0. The van der Waals surface area contributed by atoms with Gasteiger partial charge in [-0.1, -0.05) is 30.3 Å². The van der Waals surface area contributed by atoms with E-state index >= 15 is 0 Å². The van der Waals surface area contributed by atoms with E-state index in [0.29, 0.717) is 5.75 Å². The largest absolute Gasteiger partial charge is 0.508 e. The van der Waals surface area contributed by atoms with E-state index in [2.05, 4.69) is 0 Å². The predicted octanol–water partition coefficient (Wildman–Crippen LogP) is 3.00. The molecule has 70 valence electrons. The molecule has 0 fully saturated rings. The average molecular weight is 623 g/mol. The van der Waals surface area contributed by atoms with Crippen LogP contribution in [0.4, 0.5) is 0 Å². The van der Waals surface area contributed by atoms with Gasteiger partial charge in [0.25, 0.3) is 0 Å². The SMILES string of the molecule is Oc1ccc2ccccc2c1.[CH3-].[Th].[Th]. The summed E-state index contributed by atoms with van der Waals surface area (Å²) < 4.78 is 0. The molecule has 2 aromatic carbocycles. The van der Waals surface area contributed by atoms with Crippen molar-refractivity contribution in [1.29, 1.82) is 0 Å². The first-order chi connectivity index (χ1) is 5.36. The van der Waals surface area contributed by atoms with Crippen molar-refractivity contribution in [1.82, 2.24) is 0 Å². The quantitative estimate of drug-likeness (QED) is 0.448. The maximum Gasteiger partial charge on any atom is 0.116 e. The summed E-state index contributed by atoms with van der Waals surface area (Å²) in [5.41, 5.74) is 0. The van der Waals surface area contributed by atoms with Crippen LogP contribution < -0.4 is 0 Å². The van der Waals surface area contributed by atoms with Gasteiger partial charge >= 0.3 is 0 Å². The van der Waals surface area contributed by atoms with Gasteiger partial charge in [0, 0.05) is 79.9 Å². The van der Waals surface area contributed by atoms with E-state index < -0.39 is 0 Å². The molecule has 0 saturated carbocycles. The Morgan fingerprint density at radius 2 is 1.36 bits per heavy atom. The van der Waals surface area contributed by atoms with E-state index in [1.54, 1.807) is 12.1 Å². The fraction of sp³-hybridized carbons (Fsp3) is 0. The van der Waals surface area contributed by atoms with Crippen LogP contribution in [0.25, 0.3) is 10.8 Å². The Morgan fingerprint density at radius 1 is 0.786 bits per heavy atom. The number of aromatic hydroxyl groups is 1. The molecule has 0 spiro atoms. The molecule has 0 unspecified atom stereocenters. The van der Waals surface area contributed by atoms with Crippen molar-refractivity contribution in [3.63, 3.8) is 0 Å². The van der Waals surface area contributed by atoms with Gasteiger partial charge in [0.05, 0.1) is 0 Å². The molecular formula is C11H11OTh2-. The third-order valence-corrected chi connectivity index (χ3v) is 1.73. The molecule has 0 aliphatic heterocycles. The number of benzene rings is 2. The first-order valence-corrected chi connectivity index (χ1v) is 3.54. The molecular weight excluding hydrogens is 612 g/mol. The Hall–Kier alpha value is 1.15. The molecule has 1 N–H and O–H groups in total. The van der Waals surface area contributed by atoms with Crippen LogP contribution in [0.3, 0.4) is 0 Å². The van der Waals surface area contributed by atoms with Gasteiger partial charge in [-0.15, -0.1) is 0 Å². The maximum absolute atomic E-state index is 9.13. The van der Waals surface area contributed by atoms with Gasteiger partial charge in [-0.05, 0) is 22.9 Å². The molecule has 0 radical (unpaired) electrons. The van der Waals surface area contributed by atoms with Crippen molar-refractivity contribution in [2.45, 2.75) is 0 Å². The van der Waals surface area contributed by atoms with Crippen LogP contribution in [0, 0.1) is 87.3 Å². The second-order valence-electron chi connectivity index (χ2n) is 2.53. The summed E-state index contributed by atoms with van der Waals surface area (Å²) in [4.78, 5) is 0. The van der Waals surface area contributed by atoms with Crippen molar-refractivity contribution in [2.24, 2.45) is 0 Å². The third-order valence-electron chi connectivity index (χ3n) is 1.73. The Kier molecular flexibility index (Phi) is 10.4. The fourth-order valence-corrected chi connectivity index (χ4v) is 1.18. The predicted molar refractivity (Wildman–Crippen MR) is 52.0 cm³/mol. The summed E-state index contributed by atoms with van der Waals surface area (Å²) >= 11 is 0. The molecule has 0 bridgehead atoms. The smallest absolute Gasteiger partial charge is 0.116 e. The minimum Gasteiger partial charge on any atom is -0.508 e. The molecule has 14 heavy (non-hydrogen) atoms. The minimum atomic E-state index is 0. The Morgan fingerprint density at radius 3 is 2.00 bits per heavy atom. The maximum atomic E-state index is 9.13. The number of phenolic OH excluding ortho intramolecular Hbond substituents is 1. The van der Waals surface area contributed by atoms with Crippen molar-refractivity contribution < 1.29 is 85.0 Å². The topological polar surface area (TPSA) is 20.2 Å². The zero-order valence-corrected chi connectivity index (χ0v) is 16.2. The van der Waals surface area contributed by atoms with E-state index in [9.17, 15) is 0 Å². The molecule has 0 saturated heterocycles. The van der Waals surface area contributed by atoms with Gasteiger partial charge < -0.3 is 12.5 Å².